The summed E-state index contributed by atoms with van der Waals surface area (Å²) >= 11 is 0. The lowest BCUT2D eigenvalue weighted by molar-refractivity contribution is 0.0592. The molecule has 1 aromatic heterocycles. The zero-order valence-corrected chi connectivity index (χ0v) is 10.7. The van der Waals surface area contributed by atoms with Gasteiger partial charge in [0.15, 0.2) is 5.69 Å². The Morgan fingerprint density at radius 2 is 2.12 bits per heavy atom. The first-order chi connectivity index (χ1) is 8.01. The number of aliphatic hydroxyl groups excluding tert-OH is 1. The minimum Gasteiger partial charge on any atom is -0.464 e. The number of rotatable bonds is 5. The zero-order valence-electron chi connectivity index (χ0n) is 10.7. The molecule has 96 valence electrons. The molecule has 0 aliphatic heterocycles. The molecular weight excluding hydrogens is 222 g/mol. The van der Waals surface area contributed by atoms with Crippen molar-refractivity contribution in [2.24, 2.45) is 5.92 Å². The molecule has 6 nitrogen and oxygen atoms in total. The number of ether oxygens (including phenoxy) is 1. The summed E-state index contributed by atoms with van der Waals surface area (Å²) in [4.78, 5) is 11.5. The molecule has 0 amide bonds. The molecule has 0 radical (unpaired) electrons. The lowest BCUT2D eigenvalue weighted by Crippen LogP contribution is -2.16. The van der Waals surface area contributed by atoms with Gasteiger partial charge in [-0.25, -0.2) is 9.48 Å². The van der Waals surface area contributed by atoms with Crippen LogP contribution in [0.5, 0.6) is 0 Å². The van der Waals surface area contributed by atoms with Crippen molar-refractivity contribution in [3.8, 4) is 0 Å². The largest absolute Gasteiger partial charge is 0.464 e. The van der Waals surface area contributed by atoms with Crippen LogP contribution in [0, 0.1) is 5.92 Å². The van der Waals surface area contributed by atoms with E-state index in [2.05, 4.69) is 15.0 Å². The minimum atomic E-state index is -0.475. The summed E-state index contributed by atoms with van der Waals surface area (Å²) < 4.78 is 6.33. The van der Waals surface area contributed by atoms with Crippen LogP contribution in [0.15, 0.2) is 0 Å². The Balaban J connectivity index is 3.06. The second kappa shape index (κ2) is 5.77. The smallest absolute Gasteiger partial charge is 0.360 e. The van der Waals surface area contributed by atoms with Gasteiger partial charge in [-0.05, 0) is 11.8 Å². The summed E-state index contributed by atoms with van der Waals surface area (Å²) in [6, 6.07) is 0. The highest BCUT2D eigenvalue weighted by atomic mass is 16.5. The lowest BCUT2D eigenvalue weighted by atomic mass is 10.1. The Morgan fingerprint density at radius 3 is 2.59 bits per heavy atom. The summed E-state index contributed by atoms with van der Waals surface area (Å²) in [5.41, 5.74) is 1.00. The van der Waals surface area contributed by atoms with E-state index in [-0.39, 0.29) is 24.1 Å². The molecule has 1 atom stereocenters. The maximum atomic E-state index is 11.5. The summed E-state index contributed by atoms with van der Waals surface area (Å²) in [6.45, 7) is 6.44. The number of aliphatic hydroxyl groups is 1. The van der Waals surface area contributed by atoms with Gasteiger partial charge in [0.2, 0.25) is 0 Å². The Labute approximate surface area is 101 Å². The molecule has 0 aliphatic rings. The minimum absolute atomic E-state index is 0.0692. The first-order valence-corrected chi connectivity index (χ1v) is 5.63. The van der Waals surface area contributed by atoms with Gasteiger partial charge in [0.1, 0.15) is 0 Å². The standard InChI is InChI=1S/C11H19N3O3/c1-7(2)10-9(11(16)17-4)12-13-14(10)5-8(3)6-15/h7-8,15H,5-6H2,1-4H3. The van der Waals surface area contributed by atoms with Crippen molar-refractivity contribution >= 4 is 5.97 Å². The van der Waals surface area contributed by atoms with Crippen LogP contribution in [0.25, 0.3) is 0 Å². The van der Waals surface area contributed by atoms with Gasteiger partial charge >= 0.3 is 5.97 Å². The molecule has 1 unspecified atom stereocenters. The van der Waals surface area contributed by atoms with Crippen LogP contribution in [0.1, 0.15) is 42.9 Å². The number of aromatic nitrogens is 3. The molecule has 0 bridgehead atoms. The number of hydrogen-bond donors (Lipinski definition) is 1. The monoisotopic (exact) mass is 241 g/mol. The third-order valence-electron chi connectivity index (χ3n) is 2.50. The van der Waals surface area contributed by atoms with Gasteiger partial charge in [0.25, 0.3) is 0 Å². The van der Waals surface area contributed by atoms with Gasteiger partial charge in [0, 0.05) is 13.2 Å². The molecule has 0 saturated heterocycles. The highest BCUT2D eigenvalue weighted by Gasteiger charge is 2.23. The van der Waals surface area contributed by atoms with Gasteiger partial charge in [-0.1, -0.05) is 26.0 Å². The summed E-state index contributed by atoms with van der Waals surface area (Å²) in [5.74, 6) is -0.290. The Kier molecular flexibility index (Phi) is 4.62. The number of carbonyl (C=O) groups is 1. The topological polar surface area (TPSA) is 77.2 Å². The predicted octanol–water partition coefficient (Wildman–Crippen LogP) is 0.816. The lowest BCUT2D eigenvalue weighted by Gasteiger charge is -2.13. The molecule has 0 fully saturated rings. The number of methoxy groups -OCH3 is 1. The van der Waals surface area contributed by atoms with Gasteiger partial charge in [-0.2, -0.15) is 0 Å². The highest BCUT2D eigenvalue weighted by molar-refractivity contribution is 5.88. The molecule has 1 heterocycles. The van der Waals surface area contributed by atoms with Crippen LogP contribution in [0.3, 0.4) is 0 Å². The van der Waals surface area contributed by atoms with E-state index in [1.54, 1.807) is 4.68 Å². The predicted molar refractivity (Wildman–Crippen MR) is 61.7 cm³/mol. The van der Waals surface area contributed by atoms with Gasteiger partial charge in [-0.3, -0.25) is 0 Å². The first-order valence-electron chi connectivity index (χ1n) is 5.63. The van der Waals surface area contributed by atoms with E-state index in [1.807, 2.05) is 20.8 Å². The highest BCUT2D eigenvalue weighted by Crippen LogP contribution is 2.19. The normalized spacial score (nSPS) is 12.8. The number of esters is 1. The average Bonchev–Trinajstić information content (AvgIpc) is 2.71. The van der Waals surface area contributed by atoms with Crippen LogP contribution in [-0.2, 0) is 11.3 Å². The van der Waals surface area contributed by atoms with Crippen LogP contribution in [-0.4, -0.2) is 39.8 Å². The fraction of sp³-hybridized carbons (Fsp3) is 0.727. The van der Waals surface area contributed by atoms with Crippen molar-refractivity contribution in [2.75, 3.05) is 13.7 Å². The molecule has 1 aromatic rings. The maximum Gasteiger partial charge on any atom is 0.360 e. The Hall–Kier alpha value is -1.43. The molecule has 0 aromatic carbocycles. The molecule has 0 aliphatic carbocycles. The van der Waals surface area contributed by atoms with Crippen molar-refractivity contribution in [1.29, 1.82) is 0 Å². The fourth-order valence-electron chi connectivity index (χ4n) is 1.62. The third-order valence-corrected chi connectivity index (χ3v) is 2.50. The van der Waals surface area contributed by atoms with Crippen molar-refractivity contribution in [1.82, 2.24) is 15.0 Å². The molecule has 1 rings (SSSR count). The second-order valence-electron chi connectivity index (χ2n) is 4.44. The Bertz CT molecular complexity index is 387. The maximum absolute atomic E-state index is 11.5. The summed E-state index contributed by atoms with van der Waals surface area (Å²) in [6.07, 6.45) is 0. The van der Waals surface area contributed by atoms with E-state index >= 15 is 0 Å². The molecule has 6 heteroatoms. The molecule has 17 heavy (non-hydrogen) atoms. The van der Waals surface area contributed by atoms with E-state index in [0.717, 1.165) is 5.69 Å². The number of nitrogens with zero attached hydrogens (tertiary/aromatic N) is 3. The zero-order chi connectivity index (χ0) is 13.0. The van der Waals surface area contributed by atoms with E-state index in [1.165, 1.54) is 7.11 Å². The van der Waals surface area contributed by atoms with Gasteiger partial charge in [0.05, 0.1) is 12.8 Å². The van der Waals surface area contributed by atoms with Crippen LogP contribution >= 0.6 is 0 Å². The van der Waals surface area contributed by atoms with Crippen molar-refractivity contribution < 1.29 is 14.6 Å². The molecule has 0 spiro atoms. The number of carbonyl (C=O) groups excluding carboxylic acids is 1. The fourth-order valence-corrected chi connectivity index (χ4v) is 1.62. The second-order valence-corrected chi connectivity index (χ2v) is 4.44. The molecule has 1 N–H and O–H groups in total. The first kappa shape index (κ1) is 13.6. The van der Waals surface area contributed by atoms with Crippen molar-refractivity contribution in [3.05, 3.63) is 11.4 Å². The summed E-state index contributed by atoms with van der Waals surface area (Å²) in [7, 11) is 1.32. The number of hydrogen-bond acceptors (Lipinski definition) is 5. The van der Waals surface area contributed by atoms with E-state index in [0.29, 0.717) is 6.54 Å². The molecular formula is C11H19N3O3. The van der Waals surface area contributed by atoms with E-state index < -0.39 is 5.97 Å². The quantitative estimate of drug-likeness (QED) is 0.772. The van der Waals surface area contributed by atoms with Crippen LogP contribution in [0.2, 0.25) is 0 Å². The SMILES string of the molecule is COC(=O)c1nnn(CC(C)CO)c1C(C)C. The van der Waals surface area contributed by atoms with Crippen molar-refractivity contribution in [3.63, 3.8) is 0 Å². The molecule has 0 saturated carbocycles. The third kappa shape index (κ3) is 3.03. The van der Waals surface area contributed by atoms with E-state index in [4.69, 9.17) is 5.11 Å². The Morgan fingerprint density at radius 1 is 1.47 bits per heavy atom. The van der Waals surface area contributed by atoms with Gasteiger partial charge in [-0.15, -0.1) is 5.10 Å². The van der Waals surface area contributed by atoms with Crippen LogP contribution in [0.4, 0.5) is 0 Å². The van der Waals surface area contributed by atoms with Gasteiger partial charge < -0.3 is 9.84 Å². The van der Waals surface area contributed by atoms with Crippen molar-refractivity contribution in [2.45, 2.75) is 33.2 Å². The summed E-state index contributed by atoms with van der Waals surface area (Å²) in [5, 5.41) is 16.8. The van der Waals surface area contributed by atoms with Crippen LogP contribution < -0.4 is 0 Å². The average molecular weight is 241 g/mol. The van der Waals surface area contributed by atoms with E-state index in [9.17, 15) is 4.79 Å².